The number of carbonyl (C=O) groups is 2. The fourth-order valence-electron chi connectivity index (χ4n) is 4.37. The molecule has 1 saturated carbocycles. The van der Waals surface area contributed by atoms with E-state index in [1.54, 1.807) is 0 Å². The smallest absolute Gasteiger partial charge is 0.337 e. The van der Waals surface area contributed by atoms with Crippen LogP contribution in [-0.2, 0) is 22.5 Å². The molecule has 1 saturated heterocycles. The van der Waals surface area contributed by atoms with Gasteiger partial charge in [0.1, 0.15) is 0 Å². The number of benzene rings is 1. The van der Waals surface area contributed by atoms with E-state index < -0.39 is 0 Å². The third-order valence-electron chi connectivity index (χ3n) is 6.34. The number of hydrogen-bond donors (Lipinski definition) is 0. The van der Waals surface area contributed by atoms with Crippen molar-refractivity contribution >= 4 is 11.9 Å². The average molecular weight is 371 g/mol. The molecular formula is C21H29N3O3. The fraction of sp³-hybridized carbons (Fsp3) is 0.619. The summed E-state index contributed by atoms with van der Waals surface area (Å²) in [4.78, 5) is 31.2. The first-order valence-electron chi connectivity index (χ1n) is 10.1. The number of methoxy groups -OCH3 is 1. The molecule has 0 N–H and O–H groups in total. The molecule has 3 aliphatic rings. The maximum Gasteiger partial charge on any atom is 0.337 e. The average Bonchev–Trinajstić information content (AvgIpc) is 2.66. The summed E-state index contributed by atoms with van der Waals surface area (Å²) in [6, 6.07) is 6.52. The summed E-state index contributed by atoms with van der Waals surface area (Å²) < 4.78 is 4.80. The number of hydrogen-bond acceptors (Lipinski definition) is 5. The van der Waals surface area contributed by atoms with E-state index in [1.165, 1.54) is 37.5 Å². The maximum atomic E-state index is 12.7. The molecule has 0 atom stereocenters. The van der Waals surface area contributed by atoms with E-state index >= 15 is 0 Å². The lowest BCUT2D eigenvalue weighted by atomic mass is 9.91. The molecule has 1 aliphatic carbocycles. The molecule has 1 amide bonds. The van der Waals surface area contributed by atoms with Crippen molar-refractivity contribution in [3.05, 3.63) is 34.9 Å². The Balaban J connectivity index is 1.29. The molecule has 0 aromatic heterocycles. The minimum Gasteiger partial charge on any atom is -0.465 e. The van der Waals surface area contributed by atoms with Crippen LogP contribution in [0.15, 0.2) is 18.2 Å². The molecule has 2 heterocycles. The van der Waals surface area contributed by atoms with Gasteiger partial charge in [0.2, 0.25) is 5.91 Å². The first kappa shape index (κ1) is 18.4. The second-order valence-corrected chi connectivity index (χ2v) is 7.94. The highest BCUT2D eigenvalue weighted by Gasteiger charge is 2.30. The van der Waals surface area contributed by atoms with Crippen LogP contribution < -0.4 is 0 Å². The number of esters is 1. The van der Waals surface area contributed by atoms with Gasteiger partial charge in [-0.25, -0.2) is 4.79 Å². The zero-order chi connectivity index (χ0) is 18.8. The number of piperazine rings is 1. The minimum absolute atomic E-state index is 0.248. The van der Waals surface area contributed by atoms with Crippen molar-refractivity contribution in [3.63, 3.8) is 0 Å². The summed E-state index contributed by atoms with van der Waals surface area (Å²) in [7, 11) is 1.40. The third-order valence-corrected chi connectivity index (χ3v) is 6.34. The SMILES string of the molecule is COC(=O)c1ccc2c(c1)CCN(CC(=O)N1CCN(C3CCC3)CC1)C2. The molecule has 2 fully saturated rings. The van der Waals surface area contributed by atoms with Crippen molar-refractivity contribution in [2.24, 2.45) is 0 Å². The lowest BCUT2D eigenvalue weighted by Gasteiger charge is -2.43. The zero-order valence-electron chi connectivity index (χ0n) is 16.2. The van der Waals surface area contributed by atoms with Gasteiger partial charge in [0.25, 0.3) is 0 Å². The highest BCUT2D eigenvalue weighted by atomic mass is 16.5. The summed E-state index contributed by atoms with van der Waals surface area (Å²) in [5.74, 6) is -0.0469. The van der Waals surface area contributed by atoms with Gasteiger partial charge in [-0.2, -0.15) is 0 Å². The van der Waals surface area contributed by atoms with Crippen molar-refractivity contribution < 1.29 is 14.3 Å². The van der Waals surface area contributed by atoms with Crippen molar-refractivity contribution in [3.8, 4) is 0 Å². The fourth-order valence-corrected chi connectivity index (χ4v) is 4.37. The van der Waals surface area contributed by atoms with Crippen LogP contribution in [-0.4, -0.2) is 79.0 Å². The van der Waals surface area contributed by atoms with Crippen molar-refractivity contribution in [1.82, 2.24) is 14.7 Å². The molecule has 0 spiro atoms. The Morgan fingerprint density at radius 2 is 1.85 bits per heavy atom. The molecular weight excluding hydrogens is 342 g/mol. The van der Waals surface area contributed by atoms with Crippen molar-refractivity contribution in [2.75, 3.05) is 46.4 Å². The van der Waals surface area contributed by atoms with E-state index in [0.717, 1.165) is 51.7 Å². The summed E-state index contributed by atoms with van der Waals surface area (Å²) in [5.41, 5.74) is 3.00. The Morgan fingerprint density at radius 1 is 1.07 bits per heavy atom. The van der Waals surface area contributed by atoms with E-state index in [0.29, 0.717) is 12.1 Å². The van der Waals surface area contributed by atoms with Gasteiger partial charge in [-0.1, -0.05) is 12.5 Å². The van der Waals surface area contributed by atoms with E-state index in [4.69, 9.17) is 4.74 Å². The van der Waals surface area contributed by atoms with E-state index in [2.05, 4.69) is 9.80 Å². The predicted octanol–water partition coefficient (Wildman–Crippen LogP) is 1.53. The van der Waals surface area contributed by atoms with Crippen molar-refractivity contribution in [2.45, 2.75) is 38.3 Å². The molecule has 4 rings (SSSR count). The highest BCUT2D eigenvalue weighted by molar-refractivity contribution is 5.89. The minimum atomic E-state index is -0.295. The summed E-state index contributed by atoms with van der Waals surface area (Å²) in [6.07, 6.45) is 4.89. The summed E-state index contributed by atoms with van der Waals surface area (Å²) >= 11 is 0. The first-order chi connectivity index (χ1) is 13.1. The number of rotatable bonds is 4. The van der Waals surface area contributed by atoms with Crippen LogP contribution in [0.25, 0.3) is 0 Å². The normalized spacial score (nSPS) is 21.4. The van der Waals surface area contributed by atoms with Gasteiger partial charge in [-0.3, -0.25) is 14.6 Å². The van der Waals surface area contributed by atoms with Gasteiger partial charge in [-0.15, -0.1) is 0 Å². The number of ether oxygens (including phenoxy) is 1. The van der Waals surface area contributed by atoms with Crippen molar-refractivity contribution in [1.29, 1.82) is 0 Å². The lowest BCUT2D eigenvalue weighted by Crippen LogP contribution is -2.55. The van der Waals surface area contributed by atoms with Gasteiger partial charge in [0.05, 0.1) is 19.2 Å². The van der Waals surface area contributed by atoms with Crippen LogP contribution in [0.2, 0.25) is 0 Å². The van der Waals surface area contributed by atoms with Crippen LogP contribution in [0.4, 0.5) is 0 Å². The van der Waals surface area contributed by atoms with Gasteiger partial charge < -0.3 is 9.64 Å². The highest BCUT2D eigenvalue weighted by Crippen LogP contribution is 2.26. The first-order valence-corrected chi connectivity index (χ1v) is 10.1. The van der Waals surface area contributed by atoms with Crippen LogP contribution in [0.3, 0.4) is 0 Å². The van der Waals surface area contributed by atoms with Crippen LogP contribution in [0.5, 0.6) is 0 Å². The van der Waals surface area contributed by atoms with Gasteiger partial charge in [-0.05, 0) is 42.5 Å². The Morgan fingerprint density at radius 3 is 2.52 bits per heavy atom. The lowest BCUT2D eigenvalue weighted by molar-refractivity contribution is -0.135. The van der Waals surface area contributed by atoms with Crippen LogP contribution >= 0.6 is 0 Å². The van der Waals surface area contributed by atoms with Crippen LogP contribution in [0.1, 0.15) is 40.7 Å². The Bertz CT molecular complexity index is 709. The van der Waals surface area contributed by atoms with E-state index in [9.17, 15) is 9.59 Å². The summed E-state index contributed by atoms with van der Waals surface area (Å²) in [5, 5.41) is 0. The topological polar surface area (TPSA) is 53.1 Å². The van der Waals surface area contributed by atoms with E-state index in [1.807, 2.05) is 23.1 Å². The van der Waals surface area contributed by atoms with Gasteiger partial charge >= 0.3 is 5.97 Å². The molecule has 27 heavy (non-hydrogen) atoms. The third kappa shape index (κ3) is 4.01. The Hall–Kier alpha value is -1.92. The molecule has 2 aliphatic heterocycles. The molecule has 1 aromatic rings. The van der Waals surface area contributed by atoms with Crippen LogP contribution in [0, 0.1) is 0 Å². The Kier molecular flexibility index (Phi) is 5.45. The standard InChI is InChI=1S/C21H29N3O3/c1-27-21(26)17-5-6-18-14-22(8-7-16(18)13-17)15-20(25)24-11-9-23(10-12-24)19-3-2-4-19/h5-6,13,19H,2-4,7-12,14-15H2,1H3. The monoisotopic (exact) mass is 371 g/mol. The molecule has 6 heteroatoms. The van der Waals surface area contributed by atoms with E-state index in [-0.39, 0.29) is 11.9 Å². The molecule has 0 unspecified atom stereocenters. The Labute approximate surface area is 161 Å². The van der Waals surface area contributed by atoms with Gasteiger partial charge in [0, 0.05) is 45.3 Å². The molecule has 0 bridgehead atoms. The number of nitrogens with zero attached hydrogens (tertiary/aromatic N) is 3. The number of amides is 1. The molecule has 6 nitrogen and oxygen atoms in total. The zero-order valence-corrected chi connectivity index (χ0v) is 16.2. The largest absolute Gasteiger partial charge is 0.465 e. The summed E-state index contributed by atoms with van der Waals surface area (Å²) in [6.45, 7) is 5.88. The van der Waals surface area contributed by atoms with Gasteiger partial charge in [0.15, 0.2) is 0 Å². The number of fused-ring (bicyclic) bond motifs is 1. The molecule has 1 aromatic carbocycles. The molecule has 0 radical (unpaired) electrons. The second kappa shape index (κ2) is 7.98. The predicted molar refractivity (Wildman–Crippen MR) is 103 cm³/mol. The quantitative estimate of drug-likeness (QED) is 0.752. The number of carbonyl (C=O) groups excluding carboxylic acids is 2. The molecule has 146 valence electrons. The second-order valence-electron chi connectivity index (χ2n) is 7.94. The maximum absolute atomic E-state index is 12.7.